The molecule has 0 radical (unpaired) electrons. The van der Waals surface area contributed by atoms with Gasteiger partial charge in [-0.3, -0.25) is 0 Å². The highest BCUT2D eigenvalue weighted by Crippen LogP contribution is 2.11. The average Bonchev–Trinajstić information content (AvgIpc) is 2.25. The van der Waals surface area contributed by atoms with E-state index < -0.39 is 0 Å². The minimum atomic E-state index is 0.646. The first-order valence-electron chi connectivity index (χ1n) is 4.54. The molecule has 0 saturated heterocycles. The molecule has 0 heterocycles. The van der Waals surface area contributed by atoms with Crippen LogP contribution in [0.3, 0.4) is 0 Å². The number of hydrogen-bond acceptors (Lipinski definition) is 1. The Morgan fingerprint density at radius 3 is 2.64 bits per heavy atom. The molecule has 0 aliphatic heterocycles. The van der Waals surface area contributed by atoms with Crippen molar-refractivity contribution in [3.8, 4) is 5.75 Å². The minimum Gasteiger partial charge on any atom is -0.497 e. The van der Waals surface area contributed by atoms with Gasteiger partial charge in [0.1, 0.15) is 5.75 Å². The van der Waals surface area contributed by atoms with Gasteiger partial charge in [-0.15, -0.1) is 11.6 Å². The minimum absolute atomic E-state index is 0.646. The molecule has 0 aliphatic rings. The summed E-state index contributed by atoms with van der Waals surface area (Å²) in [4.78, 5) is 0. The van der Waals surface area contributed by atoms with Gasteiger partial charge in [0.15, 0.2) is 0 Å². The summed E-state index contributed by atoms with van der Waals surface area (Å²) < 4.78 is 9.99. The first-order valence-corrected chi connectivity index (χ1v) is 4.54. The smallest absolute Gasteiger partial charge is 0.236 e. The molecule has 0 bridgehead atoms. The van der Waals surface area contributed by atoms with Crippen molar-refractivity contribution in [2.24, 2.45) is 0 Å². The Bertz CT molecular complexity index is 310. The molecule has 14 heavy (non-hydrogen) atoms. The van der Waals surface area contributed by atoms with E-state index in [1.54, 1.807) is 13.2 Å². The molecular formula is C12H14O2. The molecule has 0 unspecified atom stereocenters. The Labute approximate surface area is 84.5 Å². The molecule has 1 rings (SSSR count). The van der Waals surface area contributed by atoms with E-state index in [-0.39, 0.29) is 0 Å². The number of methoxy groups -OCH3 is 1. The van der Waals surface area contributed by atoms with Crippen LogP contribution < -0.4 is 4.74 Å². The predicted molar refractivity (Wildman–Crippen MR) is 58.3 cm³/mol. The van der Waals surface area contributed by atoms with Crippen LogP contribution in [-0.4, -0.2) is 20.0 Å². The van der Waals surface area contributed by atoms with E-state index >= 15 is 0 Å². The lowest BCUT2D eigenvalue weighted by Crippen LogP contribution is -1.81. The van der Waals surface area contributed by atoms with Crippen LogP contribution in [0.5, 0.6) is 5.75 Å². The molecule has 2 heteroatoms. The molecule has 2 nitrogen and oxygen atoms in total. The SMILES string of the molecule is CC[O+]=[C-]/C=C/c1ccc(OC)cc1. The number of rotatable bonds is 4. The van der Waals surface area contributed by atoms with Gasteiger partial charge in [0.25, 0.3) is 0 Å². The third-order valence-electron chi connectivity index (χ3n) is 1.69. The zero-order chi connectivity index (χ0) is 10.2. The molecule has 0 atom stereocenters. The van der Waals surface area contributed by atoms with Crippen molar-refractivity contribution in [2.45, 2.75) is 6.92 Å². The Morgan fingerprint density at radius 2 is 2.07 bits per heavy atom. The first-order chi connectivity index (χ1) is 6.86. The van der Waals surface area contributed by atoms with Gasteiger partial charge >= 0.3 is 0 Å². The highest BCUT2D eigenvalue weighted by molar-refractivity contribution is 5.74. The van der Waals surface area contributed by atoms with Crippen LogP contribution in [0.15, 0.2) is 30.3 Å². The fraction of sp³-hybridized carbons (Fsp3) is 0.250. The van der Waals surface area contributed by atoms with Crippen LogP contribution in [-0.2, 0) is 4.42 Å². The molecule has 0 amide bonds. The van der Waals surface area contributed by atoms with Gasteiger partial charge in [-0.05, 0) is 12.1 Å². The Kier molecular flexibility index (Phi) is 4.48. The van der Waals surface area contributed by atoms with Gasteiger partial charge in [0.05, 0.1) is 7.11 Å². The largest absolute Gasteiger partial charge is 0.497 e. The Balaban J connectivity index is 2.59. The molecule has 0 fully saturated rings. The van der Waals surface area contributed by atoms with Crippen LogP contribution in [0.25, 0.3) is 6.08 Å². The summed E-state index contributed by atoms with van der Waals surface area (Å²) in [5.74, 6) is 0.861. The number of benzene rings is 1. The summed E-state index contributed by atoms with van der Waals surface area (Å²) >= 11 is 0. The molecular weight excluding hydrogens is 176 g/mol. The van der Waals surface area contributed by atoms with Gasteiger partial charge in [-0.25, -0.2) is 0 Å². The lowest BCUT2D eigenvalue weighted by atomic mass is 10.2. The maximum absolute atomic E-state index is 5.05. The van der Waals surface area contributed by atoms with Gasteiger partial charge in [-0.1, -0.05) is 12.1 Å². The van der Waals surface area contributed by atoms with Gasteiger partial charge in [-0.2, -0.15) is 6.08 Å². The summed E-state index contributed by atoms with van der Waals surface area (Å²) in [6.45, 7) is 2.57. The van der Waals surface area contributed by atoms with E-state index in [1.807, 2.05) is 37.3 Å². The van der Waals surface area contributed by atoms with Crippen molar-refractivity contribution in [1.82, 2.24) is 0 Å². The average molecular weight is 190 g/mol. The first kappa shape index (κ1) is 10.5. The maximum atomic E-state index is 5.05. The lowest BCUT2D eigenvalue weighted by Gasteiger charge is -2.00. The monoisotopic (exact) mass is 190 g/mol. The fourth-order valence-electron chi connectivity index (χ4n) is 0.977. The van der Waals surface area contributed by atoms with E-state index in [0.29, 0.717) is 6.61 Å². The Hall–Kier alpha value is -1.57. The summed E-state index contributed by atoms with van der Waals surface area (Å²) in [5.41, 5.74) is 1.10. The topological polar surface area (TPSA) is 20.5 Å². The molecule has 0 aromatic heterocycles. The van der Waals surface area contributed by atoms with E-state index in [9.17, 15) is 0 Å². The number of allylic oxidation sites excluding steroid dienone is 1. The summed E-state index contributed by atoms with van der Waals surface area (Å²) in [5, 5.41) is 0. The van der Waals surface area contributed by atoms with Crippen molar-refractivity contribution in [1.29, 1.82) is 0 Å². The maximum Gasteiger partial charge on any atom is 0.236 e. The quantitative estimate of drug-likeness (QED) is 0.405. The molecule has 0 spiro atoms. The third-order valence-corrected chi connectivity index (χ3v) is 1.69. The number of hydrogen-bond donors (Lipinski definition) is 0. The van der Waals surface area contributed by atoms with Crippen molar-refractivity contribution in [2.75, 3.05) is 13.7 Å². The van der Waals surface area contributed by atoms with E-state index in [0.717, 1.165) is 11.3 Å². The van der Waals surface area contributed by atoms with Gasteiger partial charge in [0.2, 0.25) is 12.9 Å². The standard InChI is InChI=1S/C12H14O2/c1-3-14-10-4-5-11-6-8-12(13-2)9-7-11/h4-9H,3H2,1-2H3/b5-4+. The highest BCUT2D eigenvalue weighted by atomic mass is 16.5. The van der Waals surface area contributed by atoms with Gasteiger partial charge in [0, 0.05) is 6.92 Å². The van der Waals surface area contributed by atoms with Gasteiger partial charge < -0.3 is 9.16 Å². The van der Waals surface area contributed by atoms with Crippen LogP contribution in [0.4, 0.5) is 0 Å². The van der Waals surface area contributed by atoms with Crippen molar-refractivity contribution < 1.29 is 9.16 Å². The second-order valence-electron chi connectivity index (χ2n) is 2.66. The third kappa shape index (κ3) is 3.44. The summed E-state index contributed by atoms with van der Waals surface area (Å²) in [6.07, 6.45) is 6.38. The van der Waals surface area contributed by atoms with E-state index in [1.165, 1.54) is 0 Å². The lowest BCUT2D eigenvalue weighted by molar-refractivity contribution is 0.125. The van der Waals surface area contributed by atoms with Crippen molar-refractivity contribution in [3.05, 3.63) is 35.9 Å². The van der Waals surface area contributed by atoms with Crippen LogP contribution >= 0.6 is 0 Å². The van der Waals surface area contributed by atoms with Crippen molar-refractivity contribution in [3.63, 3.8) is 0 Å². The van der Waals surface area contributed by atoms with E-state index in [2.05, 4.69) is 6.29 Å². The fourth-order valence-corrected chi connectivity index (χ4v) is 0.977. The van der Waals surface area contributed by atoms with E-state index in [4.69, 9.17) is 9.16 Å². The van der Waals surface area contributed by atoms with Crippen LogP contribution in [0.2, 0.25) is 0 Å². The molecule has 1 aromatic carbocycles. The zero-order valence-electron chi connectivity index (χ0n) is 8.49. The number of carbonyl (C=O) groups excluding carboxylic acids is 1. The Morgan fingerprint density at radius 1 is 1.36 bits per heavy atom. The molecule has 1 aromatic rings. The molecule has 0 aliphatic carbocycles. The second kappa shape index (κ2) is 5.97. The molecule has 0 N–H and O–H groups in total. The second-order valence-corrected chi connectivity index (χ2v) is 2.66. The van der Waals surface area contributed by atoms with Crippen LogP contribution in [0, 0.1) is 0 Å². The summed E-state index contributed by atoms with van der Waals surface area (Å²) in [7, 11) is 1.65. The zero-order valence-corrected chi connectivity index (χ0v) is 8.49. The highest BCUT2D eigenvalue weighted by Gasteiger charge is 1.85. The molecule has 0 saturated carbocycles. The summed E-state index contributed by atoms with van der Waals surface area (Å²) in [6, 6.07) is 7.78. The predicted octanol–water partition coefficient (Wildman–Crippen LogP) is 2.37. The van der Waals surface area contributed by atoms with Crippen molar-refractivity contribution >= 4 is 12.4 Å². The number of ether oxygens (including phenoxy) is 1. The molecule has 74 valence electrons. The normalized spacial score (nSPS) is 11.3. The van der Waals surface area contributed by atoms with Crippen LogP contribution in [0.1, 0.15) is 12.5 Å².